The number of benzene rings is 3. The van der Waals surface area contributed by atoms with Gasteiger partial charge < -0.3 is 19.5 Å². The van der Waals surface area contributed by atoms with Crippen molar-refractivity contribution in [3.63, 3.8) is 0 Å². The molecule has 0 aliphatic heterocycles. The van der Waals surface area contributed by atoms with E-state index in [0.29, 0.717) is 27.5 Å². The average molecular weight is 456 g/mol. The summed E-state index contributed by atoms with van der Waals surface area (Å²) in [7, 11) is 5.61. The Kier molecular flexibility index (Phi) is 8.90. The van der Waals surface area contributed by atoms with Gasteiger partial charge in [-0.25, -0.2) is 4.39 Å². The van der Waals surface area contributed by atoms with E-state index in [2.05, 4.69) is 12.2 Å². The van der Waals surface area contributed by atoms with E-state index in [1.807, 2.05) is 55.6 Å². The molecule has 0 saturated carbocycles. The minimum Gasteiger partial charge on any atom is -0.497 e. The first kappa shape index (κ1) is 24.0. The zero-order valence-corrected chi connectivity index (χ0v) is 20.1. The molecule has 2 atom stereocenters. The largest absolute Gasteiger partial charge is 0.497 e. The van der Waals surface area contributed by atoms with Crippen LogP contribution in [0.15, 0.2) is 60.7 Å². The SMILES string of the molecule is CCC(Pc1ccc(F)cc1CNC)c1cc(OC)cc(OC)c1OCc1ccccc1. The maximum atomic E-state index is 13.9. The first-order chi connectivity index (χ1) is 15.6. The molecule has 6 heteroatoms. The fourth-order valence-electron chi connectivity index (χ4n) is 3.64. The van der Waals surface area contributed by atoms with Crippen LogP contribution in [0.25, 0.3) is 0 Å². The van der Waals surface area contributed by atoms with Crippen molar-refractivity contribution >= 4 is 13.9 Å². The molecular formula is C26H31FNO3P. The van der Waals surface area contributed by atoms with Gasteiger partial charge in [-0.2, -0.15) is 0 Å². The lowest BCUT2D eigenvalue weighted by Gasteiger charge is -2.23. The van der Waals surface area contributed by atoms with Crippen molar-refractivity contribution in [2.45, 2.75) is 32.2 Å². The highest BCUT2D eigenvalue weighted by molar-refractivity contribution is 7.47. The van der Waals surface area contributed by atoms with Gasteiger partial charge in [0, 0.05) is 23.8 Å². The zero-order valence-electron chi connectivity index (χ0n) is 19.1. The minimum atomic E-state index is -0.216. The molecule has 3 aromatic rings. The smallest absolute Gasteiger partial charge is 0.165 e. The Morgan fingerprint density at radius 1 is 1.00 bits per heavy atom. The Morgan fingerprint density at radius 3 is 2.44 bits per heavy atom. The molecule has 2 unspecified atom stereocenters. The normalized spacial score (nSPS) is 12.2. The average Bonchev–Trinajstić information content (AvgIpc) is 2.82. The molecule has 0 aliphatic rings. The first-order valence-electron chi connectivity index (χ1n) is 10.7. The molecule has 3 aromatic carbocycles. The van der Waals surface area contributed by atoms with Crippen LogP contribution in [0.4, 0.5) is 4.39 Å². The van der Waals surface area contributed by atoms with Crippen LogP contribution in [-0.4, -0.2) is 21.3 Å². The summed E-state index contributed by atoms with van der Waals surface area (Å²) < 4.78 is 31.4. The molecule has 0 aromatic heterocycles. The fraction of sp³-hybridized carbons (Fsp3) is 0.308. The van der Waals surface area contributed by atoms with E-state index in [1.54, 1.807) is 20.3 Å². The van der Waals surface area contributed by atoms with Crippen LogP contribution in [0.2, 0.25) is 0 Å². The predicted octanol–water partition coefficient (Wildman–Crippen LogP) is 5.60. The lowest BCUT2D eigenvalue weighted by Crippen LogP contribution is -2.15. The highest BCUT2D eigenvalue weighted by Crippen LogP contribution is 2.47. The number of hydrogen-bond acceptors (Lipinski definition) is 4. The van der Waals surface area contributed by atoms with E-state index in [4.69, 9.17) is 14.2 Å². The molecule has 0 bridgehead atoms. The first-order valence-corrected chi connectivity index (χ1v) is 11.8. The number of methoxy groups -OCH3 is 2. The van der Waals surface area contributed by atoms with Crippen LogP contribution < -0.4 is 24.8 Å². The van der Waals surface area contributed by atoms with Gasteiger partial charge in [-0.3, -0.25) is 0 Å². The summed E-state index contributed by atoms with van der Waals surface area (Å²) in [6.45, 7) is 3.22. The van der Waals surface area contributed by atoms with Crippen LogP contribution in [0.3, 0.4) is 0 Å². The topological polar surface area (TPSA) is 39.7 Å². The summed E-state index contributed by atoms with van der Waals surface area (Å²) in [5.41, 5.74) is 3.27. The maximum absolute atomic E-state index is 13.9. The molecule has 0 spiro atoms. The highest BCUT2D eigenvalue weighted by atomic mass is 31.1. The second-order valence-corrected chi connectivity index (χ2v) is 8.98. The lowest BCUT2D eigenvalue weighted by atomic mass is 10.1. The molecule has 3 rings (SSSR count). The van der Waals surface area contributed by atoms with Crippen molar-refractivity contribution in [2.75, 3.05) is 21.3 Å². The van der Waals surface area contributed by atoms with E-state index in [1.165, 1.54) is 6.07 Å². The molecule has 0 heterocycles. The van der Waals surface area contributed by atoms with Gasteiger partial charge in [-0.05, 0) is 48.1 Å². The molecule has 4 nitrogen and oxygen atoms in total. The molecule has 0 aliphatic carbocycles. The van der Waals surface area contributed by atoms with Crippen LogP contribution in [-0.2, 0) is 13.2 Å². The second-order valence-electron chi connectivity index (χ2n) is 7.46. The third kappa shape index (κ3) is 5.99. The minimum absolute atomic E-state index is 0.172. The Hall–Kier alpha value is -2.62. The molecule has 1 N–H and O–H groups in total. The van der Waals surface area contributed by atoms with E-state index >= 15 is 0 Å². The number of rotatable bonds is 11. The van der Waals surface area contributed by atoms with Crippen LogP contribution in [0, 0.1) is 5.82 Å². The van der Waals surface area contributed by atoms with Gasteiger partial charge in [0.25, 0.3) is 0 Å². The Morgan fingerprint density at radius 2 is 1.78 bits per heavy atom. The Balaban J connectivity index is 1.99. The van der Waals surface area contributed by atoms with Gasteiger partial charge in [-0.1, -0.05) is 51.9 Å². The fourth-order valence-corrected chi connectivity index (χ4v) is 5.11. The van der Waals surface area contributed by atoms with Gasteiger partial charge in [0.15, 0.2) is 11.5 Å². The quantitative estimate of drug-likeness (QED) is 0.382. The number of nitrogens with one attached hydrogen (secondary N) is 1. The van der Waals surface area contributed by atoms with E-state index in [9.17, 15) is 4.39 Å². The second kappa shape index (κ2) is 11.8. The third-order valence-corrected chi connectivity index (χ3v) is 7.15. The molecular weight excluding hydrogens is 424 g/mol. The number of hydrogen-bond donors (Lipinski definition) is 1. The van der Waals surface area contributed by atoms with Gasteiger partial charge in [0.1, 0.15) is 18.2 Å². The summed E-state index contributed by atoms with van der Waals surface area (Å²) in [5, 5.41) is 4.28. The van der Waals surface area contributed by atoms with Crippen molar-refractivity contribution in [2.24, 2.45) is 0 Å². The zero-order chi connectivity index (χ0) is 22.9. The molecule has 0 radical (unpaired) electrons. The Labute approximate surface area is 191 Å². The van der Waals surface area contributed by atoms with Gasteiger partial charge in [0.2, 0.25) is 0 Å². The predicted molar refractivity (Wildman–Crippen MR) is 130 cm³/mol. The van der Waals surface area contributed by atoms with Gasteiger partial charge in [0.05, 0.1) is 14.2 Å². The third-order valence-electron chi connectivity index (χ3n) is 5.29. The maximum Gasteiger partial charge on any atom is 0.165 e. The van der Waals surface area contributed by atoms with Crippen LogP contribution in [0.5, 0.6) is 17.2 Å². The molecule has 0 fully saturated rings. The van der Waals surface area contributed by atoms with Gasteiger partial charge >= 0.3 is 0 Å². The summed E-state index contributed by atoms with van der Waals surface area (Å²) >= 11 is 0. The Bertz CT molecular complexity index is 1010. The van der Waals surface area contributed by atoms with Crippen molar-refractivity contribution in [3.05, 3.63) is 83.2 Å². The standard InChI is InChI=1S/C26H31FNO3P/c1-5-24(32-25-12-11-20(27)13-19(25)16-28-2)22-14-21(29-3)15-23(30-4)26(22)31-17-18-9-7-6-8-10-18/h6-15,24,28,32H,5,16-17H2,1-4H3. The van der Waals surface area contributed by atoms with Crippen molar-refractivity contribution < 1.29 is 18.6 Å². The van der Waals surface area contributed by atoms with Crippen molar-refractivity contribution in [1.29, 1.82) is 0 Å². The molecule has 0 amide bonds. The number of ether oxygens (including phenoxy) is 3. The highest BCUT2D eigenvalue weighted by Gasteiger charge is 2.22. The van der Waals surface area contributed by atoms with E-state index in [-0.39, 0.29) is 11.5 Å². The summed E-state index contributed by atoms with van der Waals surface area (Å²) in [6, 6.07) is 19.0. The van der Waals surface area contributed by atoms with Gasteiger partial charge in [-0.15, -0.1) is 0 Å². The van der Waals surface area contributed by atoms with Crippen LogP contribution >= 0.6 is 8.58 Å². The van der Waals surface area contributed by atoms with Crippen molar-refractivity contribution in [3.8, 4) is 17.2 Å². The van der Waals surface area contributed by atoms with Crippen molar-refractivity contribution in [1.82, 2.24) is 5.32 Å². The summed E-state index contributed by atoms with van der Waals surface area (Å²) in [6.07, 6.45) is 0.896. The molecule has 32 heavy (non-hydrogen) atoms. The summed E-state index contributed by atoms with van der Waals surface area (Å²) in [5.74, 6) is 1.88. The monoisotopic (exact) mass is 455 g/mol. The molecule has 0 saturated heterocycles. The molecule has 170 valence electrons. The number of halogens is 1. The lowest BCUT2D eigenvalue weighted by molar-refractivity contribution is 0.279. The van der Waals surface area contributed by atoms with E-state index in [0.717, 1.165) is 39.9 Å². The summed E-state index contributed by atoms with van der Waals surface area (Å²) in [4.78, 5) is 0. The van der Waals surface area contributed by atoms with E-state index < -0.39 is 0 Å². The van der Waals surface area contributed by atoms with Crippen LogP contribution in [0.1, 0.15) is 35.7 Å².